The number of benzene rings is 1. The molecule has 3 aromatic rings. The topological polar surface area (TPSA) is 87.7 Å². The number of fused-ring (bicyclic) bond motifs is 1. The van der Waals surface area contributed by atoms with Gasteiger partial charge in [-0.05, 0) is 43.1 Å². The molecule has 1 aromatic carbocycles. The van der Waals surface area contributed by atoms with Gasteiger partial charge in [-0.1, -0.05) is 17.7 Å². The van der Waals surface area contributed by atoms with Crippen molar-refractivity contribution < 1.29 is 4.79 Å². The highest BCUT2D eigenvalue weighted by Crippen LogP contribution is 2.23. The van der Waals surface area contributed by atoms with Gasteiger partial charge in [0.2, 0.25) is 0 Å². The second-order valence-electron chi connectivity index (χ2n) is 4.77. The second kappa shape index (κ2) is 5.51. The van der Waals surface area contributed by atoms with Gasteiger partial charge in [0.25, 0.3) is 11.5 Å². The first-order valence-corrected chi connectivity index (χ1v) is 7.54. The van der Waals surface area contributed by atoms with Crippen molar-refractivity contribution in [1.82, 2.24) is 14.3 Å². The Kier molecular flexibility index (Phi) is 3.67. The van der Waals surface area contributed by atoms with Crippen LogP contribution in [-0.4, -0.2) is 20.2 Å². The lowest BCUT2D eigenvalue weighted by Gasteiger charge is -2.07. The van der Waals surface area contributed by atoms with Gasteiger partial charge in [-0.3, -0.25) is 9.59 Å². The molecule has 0 saturated carbocycles. The molecular formula is C14H11ClN4O2S. The van der Waals surface area contributed by atoms with E-state index in [1.54, 1.807) is 19.1 Å². The number of aryl methyl sites for hydroxylation is 2. The number of aromatic nitrogens is 3. The zero-order valence-electron chi connectivity index (χ0n) is 11.7. The number of nitrogens with zero attached hydrogens (tertiary/aromatic N) is 2. The number of hydrogen-bond donors (Lipinski definition) is 2. The first-order valence-electron chi connectivity index (χ1n) is 6.39. The maximum Gasteiger partial charge on any atom is 0.278 e. The average Bonchev–Trinajstić information content (AvgIpc) is 2.87. The molecule has 1 amide bonds. The zero-order valence-corrected chi connectivity index (χ0v) is 13.3. The number of carbonyl (C=O) groups excluding carboxylic acids is 1. The summed E-state index contributed by atoms with van der Waals surface area (Å²) in [5.41, 5.74) is 1.62. The molecule has 0 aliphatic rings. The Morgan fingerprint density at radius 2 is 2.09 bits per heavy atom. The van der Waals surface area contributed by atoms with E-state index in [-0.39, 0.29) is 17.0 Å². The molecule has 2 N–H and O–H groups in total. The fourth-order valence-corrected chi connectivity index (χ4v) is 2.90. The van der Waals surface area contributed by atoms with Crippen molar-refractivity contribution in [2.24, 2.45) is 0 Å². The Morgan fingerprint density at radius 3 is 2.86 bits per heavy atom. The summed E-state index contributed by atoms with van der Waals surface area (Å²) in [5.74, 6) is 0.0704. The van der Waals surface area contributed by atoms with Crippen molar-refractivity contribution in [1.29, 1.82) is 0 Å². The SMILES string of the molecule is Cc1nc2c(C(=O)Nc3cc(Cl)ccc3C)snc2c(=O)[nH]1. The summed E-state index contributed by atoms with van der Waals surface area (Å²) in [6, 6.07) is 5.23. The molecule has 0 aliphatic heterocycles. The van der Waals surface area contributed by atoms with Crippen molar-refractivity contribution >= 4 is 45.8 Å². The third-order valence-corrected chi connectivity index (χ3v) is 4.18. The van der Waals surface area contributed by atoms with Crippen LogP contribution in [0.1, 0.15) is 21.1 Å². The number of amides is 1. The Morgan fingerprint density at radius 1 is 1.32 bits per heavy atom. The number of halogens is 1. The second-order valence-corrected chi connectivity index (χ2v) is 5.98. The van der Waals surface area contributed by atoms with E-state index in [9.17, 15) is 9.59 Å². The van der Waals surface area contributed by atoms with Gasteiger partial charge in [0.15, 0.2) is 5.52 Å². The molecule has 2 aromatic heterocycles. The minimum absolute atomic E-state index is 0.170. The number of anilines is 1. The lowest BCUT2D eigenvalue weighted by molar-refractivity contribution is 0.103. The van der Waals surface area contributed by atoms with E-state index in [0.29, 0.717) is 26.9 Å². The van der Waals surface area contributed by atoms with Crippen LogP contribution in [0, 0.1) is 13.8 Å². The summed E-state index contributed by atoms with van der Waals surface area (Å²) in [4.78, 5) is 31.3. The highest BCUT2D eigenvalue weighted by atomic mass is 35.5. The summed E-state index contributed by atoms with van der Waals surface area (Å²) in [6.45, 7) is 3.52. The van der Waals surface area contributed by atoms with Crippen molar-refractivity contribution in [3.63, 3.8) is 0 Å². The predicted octanol–water partition coefficient (Wildman–Crippen LogP) is 2.90. The van der Waals surface area contributed by atoms with Crippen molar-refractivity contribution in [3.8, 4) is 0 Å². The lowest BCUT2D eigenvalue weighted by Crippen LogP contribution is -2.14. The standard InChI is InChI=1S/C14H11ClN4O2S/c1-6-3-4-8(15)5-9(6)18-14(21)12-10-11(19-22-12)13(20)17-7(2)16-10/h3-5H,1-2H3,(H,18,21)(H,16,17,20). The van der Waals surface area contributed by atoms with Crippen LogP contribution in [0.5, 0.6) is 0 Å². The monoisotopic (exact) mass is 334 g/mol. The van der Waals surface area contributed by atoms with E-state index in [2.05, 4.69) is 19.7 Å². The zero-order chi connectivity index (χ0) is 15.9. The third kappa shape index (κ3) is 2.60. The van der Waals surface area contributed by atoms with Gasteiger partial charge in [-0.15, -0.1) is 0 Å². The van der Waals surface area contributed by atoms with E-state index in [1.807, 2.05) is 13.0 Å². The van der Waals surface area contributed by atoms with Crippen LogP contribution >= 0.6 is 23.1 Å². The van der Waals surface area contributed by atoms with Crippen LogP contribution in [0.15, 0.2) is 23.0 Å². The molecule has 0 saturated heterocycles. The van der Waals surface area contributed by atoms with E-state index in [0.717, 1.165) is 17.1 Å². The normalized spacial score (nSPS) is 10.9. The molecule has 0 aliphatic carbocycles. The molecule has 0 spiro atoms. The maximum absolute atomic E-state index is 12.4. The van der Waals surface area contributed by atoms with Gasteiger partial charge in [-0.2, -0.15) is 4.37 Å². The summed E-state index contributed by atoms with van der Waals surface area (Å²) in [6.07, 6.45) is 0. The van der Waals surface area contributed by atoms with Gasteiger partial charge < -0.3 is 10.3 Å². The predicted molar refractivity (Wildman–Crippen MR) is 86.9 cm³/mol. The number of nitrogens with one attached hydrogen (secondary N) is 2. The fraction of sp³-hybridized carbons (Fsp3) is 0.143. The van der Waals surface area contributed by atoms with Crippen LogP contribution in [0.3, 0.4) is 0 Å². The molecule has 0 atom stereocenters. The van der Waals surface area contributed by atoms with Crippen LogP contribution in [0.25, 0.3) is 11.0 Å². The maximum atomic E-state index is 12.4. The molecule has 0 bridgehead atoms. The summed E-state index contributed by atoms with van der Waals surface area (Å²) >= 11 is 6.89. The highest BCUT2D eigenvalue weighted by molar-refractivity contribution is 7.09. The summed E-state index contributed by atoms with van der Waals surface area (Å²) in [5, 5.41) is 3.31. The molecule has 6 nitrogen and oxygen atoms in total. The Balaban J connectivity index is 2.03. The van der Waals surface area contributed by atoms with Crippen molar-refractivity contribution in [3.05, 3.63) is 49.8 Å². The van der Waals surface area contributed by atoms with E-state index in [4.69, 9.17) is 11.6 Å². The minimum atomic E-state index is -0.365. The van der Waals surface area contributed by atoms with Crippen LogP contribution < -0.4 is 10.9 Å². The number of H-pyrrole nitrogens is 1. The van der Waals surface area contributed by atoms with Crippen molar-refractivity contribution in [2.75, 3.05) is 5.32 Å². The Labute approximate surface area is 134 Å². The Bertz CT molecular complexity index is 948. The number of carbonyl (C=O) groups is 1. The van der Waals surface area contributed by atoms with Gasteiger partial charge >= 0.3 is 0 Å². The molecule has 0 unspecified atom stereocenters. The summed E-state index contributed by atoms with van der Waals surface area (Å²) in [7, 11) is 0. The van der Waals surface area contributed by atoms with Gasteiger partial charge in [0, 0.05) is 10.7 Å². The molecular weight excluding hydrogens is 324 g/mol. The fourth-order valence-electron chi connectivity index (χ4n) is 2.01. The number of aromatic amines is 1. The van der Waals surface area contributed by atoms with Gasteiger partial charge in [0.05, 0.1) is 0 Å². The summed E-state index contributed by atoms with van der Waals surface area (Å²) < 4.78 is 4.01. The molecule has 0 radical (unpaired) electrons. The van der Waals surface area contributed by atoms with Crippen molar-refractivity contribution in [2.45, 2.75) is 13.8 Å². The molecule has 112 valence electrons. The molecule has 2 heterocycles. The largest absolute Gasteiger partial charge is 0.321 e. The molecule has 8 heteroatoms. The molecule has 22 heavy (non-hydrogen) atoms. The van der Waals surface area contributed by atoms with E-state index < -0.39 is 0 Å². The van der Waals surface area contributed by atoms with Gasteiger partial charge in [-0.25, -0.2) is 4.98 Å². The van der Waals surface area contributed by atoms with Gasteiger partial charge in [0.1, 0.15) is 16.2 Å². The first kappa shape index (κ1) is 14.7. The quantitative estimate of drug-likeness (QED) is 0.754. The third-order valence-electron chi connectivity index (χ3n) is 3.11. The van der Waals surface area contributed by atoms with Crippen LogP contribution in [-0.2, 0) is 0 Å². The van der Waals surface area contributed by atoms with E-state index in [1.165, 1.54) is 0 Å². The smallest absolute Gasteiger partial charge is 0.278 e. The Hall–Kier alpha value is -2.25. The molecule has 0 fully saturated rings. The number of hydrogen-bond acceptors (Lipinski definition) is 5. The lowest BCUT2D eigenvalue weighted by atomic mass is 10.2. The van der Waals surface area contributed by atoms with Crippen LogP contribution in [0.4, 0.5) is 5.69 Å². The molecule has 3 rings (SSSR count). The average molecular weight is 335 g/mol. The number of rotatable bonds is 2. The van der Waals surface area contributed by atoms with Crippen LogP contribution in [0.2, 0.25) is 5.02 Å². The first-order chi connectivity index (χ1) is 10.5. The van der Waals surface area contributed by atoms with E-state index >= 15 is 0 Å². The highest BCUT2D eigenvalue weighted by Gasteiger charge is 2.18. The minimum Gasteiger partial charge on any atom is -0.321 e.